The van der Waals surface area contributed by atoms with Gasteiger partial charge in [-0.25, -0.2) is 13.1 Å². The van der Waals surface area contributed by atoms with Crippen molar-refractivity contribution in [2.45, 2.75) is 31.7 Å². The first-order valence-electron chi connectivity index (χ1n) is 6.22. The second-order valence-electron chi connectivity index (χ2n) is 4.83. The van der Waals surface area contributed by atoms with E-state index in [9.17, 15) is 13.2 Å². The second kappa shape index (κ2) is 7.19. The lowest BCUT2D eigenvalue weighted by atomic mass is 10.1. The zero-order valence-corrected chi connectivity index (χ0v) is 14.1. The Bertz CT molecular complexity index is 555. The van der Waals surface area contributed by atoms with Gasteiger partial charge in [-0.1, -0.05) is 29.8 Å². The number of halogens is 1. The Kier molecular flexibility index (Phi) is 6.16. The minimum Gasteiger partial charge on any atom is -0.326 e. The van der Waals surface area contributed by atoms with Crippen molar-refractivity contribution in [2.24, 2.45) is 5.92 Å². The molecule has 0 bridgehead atoms. The Balaban J connectivity index is 2.90. The first-order chi connectivity index (χ1) is 9.26. The SMILES string of the molecule is CC(=O)Nc1ccc(S(=O)(=O)NC(CBr)C(C)C)cc1. The van der Waals surface area contributed by atoms with E-state index in [1.807, 2.05) is 13.8 Å². The predicted molar refractivity (Wildman–Crippen MR) is 83.5 cm³/mol. The van der Waals surface area contributed by atoms with Gasteiger partial charge in [-0.3, -0.25) is 4.79 Å². The van der Waals surface area contributed by atoms with E-state index < -0.39 is 10.0 Å². The molecule has 0 heterocycles. The molecule has 0 radical (unpaired) electrons. The van der Waals surface area contributed by atoms with Gasteiger partial charge >= 0.3 is 0 Å². The fraction of sp³-hybridized carbons (Fsp3) is 0.462. The zero-order chi connectivity index (χ0) is 15.3. The van der Waals surface area contributed by atoms with Gasteiger partial charge in [0.25, 0.3) is 0 Å². The van der Waals surface area contributed by atoms with Gasteiger partial charge in [0, 0.05) is 24.0 Å². The number of carbonyl (C=O) groups excluding carboxylic acids is 1. The first kappa shape index (κ1) is 17.1. The van der Waals surface area contributed by atoms with Crippen LogP contribution in [-0.2, 0) is 14.8 Å². The highest BCUT2D eigenvalue weighted by molar-refractivity contribution is 9.09. The minimum atomic E-state index is -3.55. The zero-order valence-electron chi connectivity index (χ0n) is 11.7. The van der Waals surface area contributed by atoms with Crippen molar-refractivity contribution in [1.29, 1.82) is 0 Å². The van der Waals surface area contributed by atoms with Crippen LogP contribution < -0.4 is 10.0 Å². The number of benzene rings is 1. The van der Waals surface area contributed by atoms with Crippen molar-refractivity contribution < 1.29 is 13.2 Å². The summed E-state index contributed by atoms with van der Waals surface area (Å²) in [6, 6.07) is 5.90. The maximum Gasteiger partial charge on any atom is 0.240 e. The number of rotatable bonds is 6. The summed E-state index contributed by atoms with van der Waals surface area (Å²) in [5.74, 6) is -0.0132. The predicted octanol–water partition coefficient (Wildman–Crippen LogP) is 2.34. The molecule has 0 aliphatic heterocycles. The third-order valence-electron chi connectivity index (χ3n) is 2.76. The van der Waals surface area contributed by atoms with Crippen LogP contribution in [0, 0.1) is 5.92 Å². The molecule has 1 atom stereocenters. The summed E-state index contributed by atoms with van der Waals surface area (Å²) < 4.78 is 27.1. The van der Waals surface area contributed by atoms with Crippen molar-refractivity contribution in [2.75, 3.05) is 10.6 Å². The monoisotopic (exact) mass is 362 g/mol. The molecule has 0 spiro atoms. The molecule has 1 amide bonds. The largest absolute Gasteiger partial charge is 0.326 e. The van der Waals surface area contributed by atoms with Gasteiger partial charge in [0.15, 0.2) is 0 Å². The molecule has 2 N–H and O–H groups in total. The lowest BCUT2D eigenvalue weighted by Crippen LogP contribution is -2.39. The maximum atomic E-state index is 12.2. The van der Waals surface area contributed by atoms with Crippen LogP contribution in [0.4, 0.5) is 5.69 Å². The summed E-state index contributed by atoms with van der Waals surface area (Å²) in [6.45, 7) is 5.30. The van der Waals surface area contributed by atoms with Gasteiger partial charge < -0.3 is 5.32 Å². The number of nitrogens with one attached hydrogen (secondary N) is 2. The van der Waals surface area contributed by atoms with E-state index in [4.69, 9.17) is 0 Å². The quantitative estimate of drug-likeness (QED) is 0.762. The number of amides is 1. The van der Waals surface area contributed by atoms with Crippen LogP contribution >= 0.6 is 15.9 Å². The number of sulfonamides is 1. The van der Waals surface area contributed by atoms with Gasteiger partial charge in [-0.2, -0.15) is 0 Å². The first-order valence-corrected chi connectivity index (χ1v) is 8.82. The molecule has 0 aromatic heterocycles. The minimum absolute atomic E-state index is 0.171. The molecular weight excluding hydrogens is 344 g/mol. The number of alkyl halides is 1. The maximum absolute atomic E-state index is 12.2. The summed E-state index contributed by atoms with van der Waals surface area (Å²) in [6.07, 6.45) is 0. The van der Waals surface area contributed by atoms with Crippen molar-refractivity contribution in [3.8, 4) is 0 Å². The van der Waals surface area contributed by atoms with E-state index in [1.165, 1.54) is 19.1 Å². The molecule has 0 saturated heterocycles. The average Bonchev–Trinajstić information content (AvgIpc) is 2.35. The van der Waals surface area contributed by atoms with Gasteiger partial charge in [0.2, 0.25) is 15.9 Å². The molecule has 1 aromatic rings. The number of hydrogen-bond acceptors (Lipinski definition) is 3. The molecule has 1 aromatic carbocycles. The van der Waals surface area contributed by atoms with Crippen LogP contribution in [-0.4, -0.2) is 25.7 Å². The molecule has 112 valence electrons. The second-order valence-corrected chi connectivity index (χ2v) is 7.19. The number of anilines is 1. The lowest BCUT2D eigenvalue weighted by Gasteiger charge is -2.19. The van der Waals surface area contributed by atoms with Gasteiger partial charge in [0.05, 0.1) is 4.90 Å². The molecule has 0 saturated carbocycles. The van der Waals surface area contributed by atoms with E-state index >= 15 is 0 Å². The van der Waals surface area contributed by atoms with Crippen LogP contribution in [0.2, 0.25) is 0 Å². The van der Waals surface area contributed by atoms with Gasteiger partial charge in [-0.15, -0.1) is 0 Å². The number of hydrogen-bond donors (Lipinski definition) is 2. The summed E-state index contributed by atoms with van der Waals surface area (Å²) >= 11 is 3.31. The molecular formula is C13H19BrN2O3S. The number of carbonyl (C=O) groups is 1. The van der Waals surface area contributed by atoms with Crippen LogP contribution in [0.1, 0.15) is 20.8 Å². The topological polar surface area (TPSA) is 75.3 Å². The fourth-order valence-corrected chi connectivity index (χ4v) is 4.04. The summed E-state index contributed by atoms with van der Waals surface area (Å²) in [7, 11) is -3.55. The van der Waals surface area contributed by atoms with E-state index in [1.54, 1.807) is 12.1 Å². The van der Waals surface area contributed by atoms with Crippen molar-refractivity contribution in [3.63, 3.8) is 0 Å². The molecule has 20 heavy (non-hydrogen) atoms. The molecule has 0 aliphatic rings. The normalized spacial score (nSPS) is 13.2. The van der Waals surface area contributed by atoms with E-state index in [0.29, 0.717) is 11.0 Å². The Hall–Kier alpha value is -0.920. The molecule has 1 rings (SSSR count). The Labute approximate surface area is 128 Å². The summed E-state index contributed by atoms with van der Waals surface area (Å²) in [5, 5.41) is 3.14. The highest BCUT2D eigenvalue weighted by Gasteiger charge is 2.21. The highest BCUT2D eigenvalue weighted by atomic mass is 79.9. The molecule has 1 unspecified atom stereocenters. The van der Waals surface area contributed by atoms with Crippen molar-refractivity contribution in [1.82, 2.24) is 4.72 Å². The molecule has 0 aliphatic carbocycles. The van der Waals surface area contributed by atoms with Gasteiger partial charge in [-0.05, 0) is 30.2 Å². The van der Waals surface area contributed by atoms with Gasteiger partial charge in [0.1, 0.15) is 0 Å². The molecule has 0 fully saturated rings. The van der Waals surface area contributed by atoms with E-state index in [0.717, 1.165) is 0 Å². The van der Waals surface area contributed by atoms with Crippen LogP contribution in [0.3, 0.4) is 0 Å². The standard InChI is InChI=1S/C13H19BrN2O3S/c1-9(2)13(8-14)16-20(18,19)12-6-4-11(5-7-12)15-10(3)17/h4-7,9,13,16H,8H2,1-3H3,(H,15,17). The summed E-state index contributed by atoms with van der Waals surface area (Å²) in [4.78, 5) is 11.1. The van der Waals surface area contributed by atoms with Crippen molar-refractivity contribution in [3.05, 3.63) is 24.3 Å². The molecule has 7 heteroatoms. The average molecular weight is 363 g/mol. The third kappa shape index (κ3) is 4.88. The Morgan fingerprint density at radius 2 is 1.80 bits per heavy atom. The van der Waals surface area contributed by atoms with Crippen LogP contribution in [0.25, 0.3) is 0 Å². The van der Waals surface area contributed by atoms with Crippen LogP contribution in [0.15, 0.2) is 29.2 Å². The highest BCUT2D eigenvalue weighted by Crippen LogP contribution is 2.16. The third-order valence-corrected chi connectivity index (χ3v) is 4.97. The Morgan fingerprint density at radius 1 is 1.25 bits per heavy atom. The lowest BCUT2D eigenvalue weighted by molar-refractivity contribution is -0.114. The smallest absolute Gasteiger partial charge is 0.240 e. The van der Waals surface area contributed by atoms with Crippen molar-refractivity contribution >= 4 is 37.5 Å². The van der Waals surface area contributed by atoms with E-state index in [2.05, 4.69) is 26.0 Å². The molecule has 5 nitrogen and oxygen atoms in total. The summed E-state index contributed by atoms with van der Waals surface area (Å²) in [5.41, 5.74) is 0.567. The fourth-order valence-electron chi connectivity index (χ4n) is 1.53. The Morgan fingerprint density at radius 3 is 2.20 bits per heavy atom. The van der Waals surface area contributed by atoms with E-state index in [-0.39, 0.29) is 22.8 Å². The van der Waals surface area contributed by atoms with Crippen LogP contribution in [0.5, 0.6) is 0 Å².